The molecule has 2 rings (SSSR count). The Morgan fingerprint density at radius 3 is 2.17 bits per heavy atom. The summed E-state index contributed by atoms with van der Waals surface area (Å²) < 4.78 is 43.5. The highest BCUT2D eigenvalue weighted by Gasteiger charge is 2.18. The summed E-state index contributed by atoms with van der Waals surface area (Å²) in [6, 6.07) is 9.67. The number of benzene rings is 2. The molecule has 0 aliphatic carbocycles. The van der Waals surface area contributed by atoms with Crippen molar-refractivity contribution in [2.45, 2.75) is 18.2 Å². The van der Waals surface area contributed by atoms with Crippen LogP contribution in [-0.2, 0) is 16.4 Å². The van der Waals surface area contributed by atoms with Gasteiger partial charge >= 0.3 is 0 Å². The smallest absolute Gasteiger partial charge is 0.262 e. The van der Waals surface area contributed by atoms with Gasteiger partial charge in [0.1, 0.15) is 17.2 Å². The topological polar surface area (TPSA) is 73.9 Å². The van der Waals surface area contributed by atoms with Gasteiger partial charge < -0.3 is 14.2 Å². The lowest BCUT2D eigenvalue weighted by atomic mass is 10.1. The van der Waals surface area contributed by atoms with E-state index in [1.54, 1.807) is 37.4 Å². The summed E-state index contributed by atoms with van der Waals surface area (Å²) in [5, 5.41) is 0. The fourth-order valence-electron chi connectivity index (χ4n) is 2.30. The molecule has 0 aliphatic rings. The third kappa shape index (κ3) is 3.73. The second-order valence-corrected chi connectivity index (χ2v) is 6.68. The van der Waals surface area contributed by atoms with Gasteiger partial charge in [-0.15, -0.1) is 0 Å². The Kier molecular flexibility index (Phi) is 5.56. The van der Waals surface area contributed by atoms with E-state index < -0.39 is 10.0 Å². The molecule has 0 heterocycles. The van der Waals surface area contributed by atoms with Crippen LogP contribution in [0.4, 0.5) is 5.69 Å². The molecule has 0 unspecified atom stereocenters. The third-order valence-electron chi connectivity index (χ3n) is 3.59. The zero-order valence-corrected chi connectivity index (χ0v) is 14.9. The van der Waals surface area contributed by atoms with Crippen molar-refractivity contribution in [3.8, 4) is 17.2 Å². The van der Waals surface area contributed by atoms with Gasteiger partial charge in [0.25, 0.3) is 10.0 Å². The molecule has 0 aliphatic heterocycles. The van der Waals surface area contributed by atoms with Crippen LogP contribution in [0.3, 0.4) is 0 Å². The van der Waals surface area contributed by atoms with Crippen molar-refractivity contribution in [2.75, 3.05) is 26.1 Å². The van der Waals surface area contributed by atoms with E-state index in [1.807, 2.05) is 6.92 Å². The average molecular weight is 351 g/mol. The van der Waals surface area contributed by atoms with E-state index in [1.165, 1.54) is 20.3 Å². The molecule has 6 nitrogen and oxygen atoms in total. The molecule has 0 bridgehead atoms. The number of sulfonamides is 1. The van der Waals surface area contributed by atoms with Crippen molar-refractivity contribution < 1.29 is 22.6 Å². The van der Waals surface area contributed by atoms with E-state index in [0.29, 0.717) is 29.4 Å². The highest BCUT2D eigenvalue weighted by molar-refractivity contribution is 7.92. The van der Waals surface area contributed by atoms with E-state index >= 15 is 0 Å². The molecule has 0 amide bonds. The van der Waals surface area contributed by atoms with Crippen LogP contribution in [0, 0.1) is 0 Å². The predicted octanol–water partition coefficient (Wildman–Crippen LogP) is 3.08. The number of methoxy groups -OCH3 is 3. The highest BCUT2D eigenvalue weighted by atomic mass is 32.2. The lowest BCUT2D eigenvalue weighted by Crippen LogP contribution is -2.14. The second-order valence-electron chi connectivity index (χ2n) is 5.00. The summed E-state index contributed by atoms with van der Waals surface area (Å²) in [6.07, 6.45) is 0.662. The Morgan fingerprint density at radius 2 is 1.58 bits per heavy atom. The maximum Gasteiger partial charge on any atom is 0.262 e. The van der Waals surface area contributed by atoms with Crippen molar-refractivity contribution in [3.63, 3.8) is 0 Å². The third-order valence-corrected chi connectivity index (χ3v) is 4.96. The maximum atomic E-state index is 12.7. The van der Waals surface area contributed by atoms with Gasteiger partial charge in [-0.2, -0.15) is 0 Å². The van der Waals surface area contributed by atoms with Crippen LogP contribution < -0.4 is 18.9 Å². The van der Waals surface area contributed by atoms with Gasteiger partial charge in [-0.05, 0) is 42.3 Å². The van der Waals surface area contributed by atoms with Crippen LogP contribution in [0.25, 0.3) is 0 Å². The van der Waals surface area contributed by atoms with Crippen LogP contribution in [0.15, 0.2) is 41.3 Å². The molecule has 0 saturated carbocycles. The quantitative estimate of drug-likeness (QED) is 0.830. The van der Waals surface area contributed by atoms with Gasteiger partial charge in [0.2, 0.25) is 0 Å². The molecule has 7 heteroatoms. The molecule has 0 fully saturated rings. The molecule has 24 heavy (non-hydrogen) atoms. The fourth-order valence-corrected chi connectivity index (χ4v) is 3.41. The van der Waals surface area contributed by atoms with Crippen LogP contribution in [-0.4, -0.2) is 29.7 Å². The molecule has 0 atom stereocenters. The minimum Gasteiger partial charge on any atom is -0.497 e. The number of hydrogen-bond donors (Lipinski definition) is 1. The summed E-state index contributed by atoms with van der Waals surface area (Å²) >= 11 is 0. The average Bonchev–Trinajstić information content (AvgIpc) is 2.60. The molecular weight excluding hydrogens is 330 g/mol. The number of nitrogens with one attached hydrogen (secondary N) is 1. The predicted molar refractivity (Wildman–Crippen MR) is 92.7 cm³/mol. The first-order valence-electron chi connectivity index (χ1n) is 7.37. The summed E-state index contributed by atoms with van der Waals surface area (Å²) in [5.41, 5.74) is 1.13. The zero-order valence-electron chi connectivity index (χ0n) is 14.1. The molecule has 0 spiro atoms. The Hall–Kier alpha value is -2.41. The van der Waals surface area contributed by atoms with Crippen LogP contribution >= 0.6 is 0 Å². The van der Waals surface area contributed by atoms with Crippen LogP contribution in [0.5, 0.6) is 17.2 Å². The van der Waals surface area contributed by atoms with Crippen LogP contribution in [0.1, 0.15) is 12.5 Å². The molecule has 0 saturated heterocycles. The summed E-state index contributed by atoms with van der Waals surface area (Å²) in [4.78, 5) is 0.157. The minimum atomic E-state index is -3.77. The maximum absolute atomic E-state index is 12.7. The first-order chi connectivity index (χ1) is 11.4. The Balaban J connectivity index is 2.42. The zero-order chi connectivity index (χ0) is 17.7. The molecule has 2 aromatic carbocycles. The fraction of sp³-hybridized carbons (Fsp3) is 0.294. The lowest BCUT2D eigenvalue weighted by molar-refractivity contribution is 0.405. The normalized spacial score (nSPS) is 11.0. The molecule has 0 aromatic heterocycles. The van der Waals surface area contributed by atoms with E-state index in [4.69, 9.17) is 14.2 Å². The summed E-state index contributed by atoms with van der Waals surface area (Å²) in [5.74, 6) is 1.59. The Morgan fingerprint density at radius 1 is 0.917 bits per heavy atom. The lowest BCUT2D eigenvalue weighted by Gasteiger charge is -2.14. The van der Waals surface area contributed by atoms with Crippen molar-refractivity contribution >= 4 is 15.7 Å². The Bertz CT molecular complexity index is 818. The van der Waals surface area contributed by atoms with Crippen molar-refractivity contribution in [1.29, 1.82) is 0 Å². The monoisotopic (exact) mass is 351 g/mol. The van der Waals surface area contributed by atoms with Crippen molar-refractivity contribution in [3.05, 3.63) is 42.0 Å². The minimum absolute atomic E-state index is 0.157. The SMILES string of the molecule is CCc1cc(S(=O)(=O)Nc2cc(OC)ccc2OC)ccc1OC. The molecular formula is C17H21NO5S. The van der Waals surface area contributed by atoms with Crippen molar-refractivity contribution in [1.82, 2.24) is 0 Å². The number of ether oxygens (including phenoxy) is 3. The summed E-state index contributed by atoms with van der Waals surface area (Å²) in [6.45, 7) is 1.94. The largest absolute Gasteiger partial charge is 0.497 e. The van der Waals surface area contributed by atoms with Crippen LogP contribution in [0.2, 0.25) is 0 Å². The number of aryl methyl sites for hydroxylation is 1. The van der Waals surface area contributed by atoms with Crippen molar-refractivity contribution in [2.24, 2.45) is 0 Å². The van der Waals surface area contributed by atoms with E-state index in [-0.39, 0.29) is 4.90 Å². The van der Waals surface area contributed by atoms with Gasteiger partial charge in [0.15, 0.2) is 0 Å². The van der Waals surface area contributed by atoms with Gasteiger partial charge in [-0.25, -0.2) is 8.42 Å². The molecule has 130 valence electrons. The molecule has 1 N–H and O–H groups in total. The van der Waals surface area contributed by atoms with Gasteiger partial charge in [-0.1, -0.05) is 6.92 Å². The molecule has 0 radical (unpaired) electrons. The van der Waals surface area contributed by atoms with Gasteiger partial charge in [0, 0.05) is 6.07 Å². The number of hydrogen-bond acceptors (Lipinski definition) is 5. The molecule has 2 aromatic rings. The van der Waals surface area contributed by atoms with Gasteiger partial charge in [0.05, 0.1) is 31.9 Å². The second kappa shape index (κ2) is 7.44. The first kappa shape index (κ1) is 17.9. The first-order valence-corrected chi connectivity index (χ1v) is 8.85. The Labute approximate surface area is 142 Å². The van der Waals surface area contributed by atoms with E-state index in [9.17, 15) is 8.42 Å². The van der Waals surface area contributed by atoms with E-state index in [2.05, 4.69) is 4.72 Å². The van der Waals surface area contributed by atoms with E-state index in [0.717, 1.165) is 5.56 Å². The summed E-state index contributed by atoms with van der Waals surface area (Å²) in [7, 11) is 0.773. The highest BCUT2D eigenvalue weighted by Crippen LogP contribution is 2.31. The van der Waals surface area contributed by atoms with Gasteiger partial charge in [-0.3, -0.25) is 4.72 Å². The standard InChI is InChI=1S/C17H21NO5S/c1-5-12-10-14(7-9-16(12)22-3)24(19,20)18-15-11-13(21-2)6-8-17(15)23-4/h6-11,18H,5H2,1-4H3. The number of rotatable bonds is 7. The number of anilines is 1.